The van der Waals surface area contributed by atoms with Crippen LogP contribution >= 0.6 is 0 Å². The lowest BCUT2D eigenvalue weighted by atomic mass is 10.0. The molecule has 0 fully saturated rings. The standard InChI is InChI=1S/C41H26N2O2/c1-3-13-28(14-4-1)32-18-9-10-19-35(32)43(31-23-22-27-12-7-8-17-30(27)24-31)36-20-11-21-37-40(36)33-25-34-39(26-38(33)44-37)45-41(42-34)29-15-5-2-6-16-29/h1-26H. The van der Waals surface area contributed by atoms with Crippen molar-refractivity contribution < 1.29 is 8.83 Å². The van der Waals surface area contributed by atoms with Gasteiger partial charge in [-0.2, -0.15) is 0 Å². The minimum atomic E-state index is 0.595. The van der Waals surface area contributed by atoms with Gasteiger partial charge in [0.2, 0.25) is 5.89 Å². The van der Waals surface area contributed by atoms with E-state index in [0.29, 0.717) is 11.5 Å². The molecule has 0 N–H and O–H groups in total. The molecular formula is C41H26N2O2. The topological polar surface area (TPSA) is 42.4 Å². The second-order valence-corrected chi connectivity index (χ2v) is 11.2. The van der Waals surface area contributed by atoms with Crippen LogP contribution in [0.25, 0.3) is 66.4 Å². The van der Waals surface area contributed by atoms with Crippen molar-refractivity contribution in [2.45, 2.75) is 0 Å². The fourth-order valence-electron chi connectivity index (χ4n) is 6.37. The molecule has 4 nitrogen and oxygen atoms in total. The normalized spacial score (nSPS) is 11.6. The van der Waals surface area contributed by atoms with Crippen LogP contribution in [0.15, 0.2) is 167 Å². The Balaban J connectivity index is 1.32. The summed E-state index contributed by atoms with van der Waals surface area (Å²) in [5, 5.41) is 4.39. The van der Waals surface area contributed by atoms with Crippen molar-refractivity contribution >= 4 is 60.9 Å². The molecule has 9 aromatic rings. The van der Waals surface area contributed by atoms with E-state index in [-0.39, 0.29) is 0 Å². The number of rotatable bonds is 5. The van der Waals surface area contributed by atoms with Gasteiger partial charge in [-0.25, -0.2) is 4.98 Å². The third-order valence-corrected chi connectivity index (χ3v) is 8.47. The van der Waals surface area contributed by atoms with Gasteiger partial charge in [0, 0.05) is 28.3 Å². The molecule has 0 saturated carbocycles. The van der Waals surface area contributed by atoms with Crippen molar-refractivity contribution in [3.8, 4) is 22.6 Å². The lowest BCUT2D eigenvalue weighted by molar-refractivity contribution is 0.617. The van der Waals surface area contributed by atoms with Crippen LogP contribution in [-0.4, -0.2) is 4.98 Å². The summed E-state index contributed by atoms with van der Waals surface area (Å²) in [4.78, 5) is 7.23. The first-order chi connectivity index (χ1) is 22.3. The molecule has 212 valence electrons. The monoisotopic (exact) mass is 578 g/mol. The number of hydrogen-bond donors (Lipinski definition) is 0. The first-order valence-corrected chi connectivity index (χ1v) is 15.0. The Morgan fingerprint density at radius 1 is 0.467 bits per heavy atom. The van der Waals surface area contributed by atoms with Crippen LogP contribution < -0.4 is 4.90 Å². The molecule has 2 heterocycles. The van der Waals surface area contributed by atoms with E-state index < -0.39 is 0 Å². The summed E-state index contributed by atoms with van der Waals surface area (Å²) in [7, 11) is 0. The van der Waals surface area contributed by atoms with Crippen LogP contribution in [0.1, 0.15) is 0 Å². The molecule has 2 aromatic heterocycles. The van der Waals surface area contributed by atoms with E-state index in [0.717, 1.165) is 61.2 Å². The highest BCUT2D eigenvalue weighted by Crippen LogP contribution is 2.46. The van der Waals surface area contributed by atoms with Gasteiger partial charge in [-0.1, -0.05) is 103 Å². The van der Waals surface area contributed by atoms with Crippen LogP contribution in [0.3, 0.4) is 0 Å². The van der Waals surface area contributed by atoms with Gasteiger partial charge in [0.1, 0.15) is 16.7 Å². The molecule has 0 atom stereocenters. The van der Waals surface area contributed by atoms with Crippen molar-refractivity contribution in [1.29, 1.82) is 0 Å². The SMILES string of the molecule is c1ccc(-c2nc3cc4c(cc3o2)oc2cccc(N(c3ccc5ccccc5c3)c3ccccc3-c3ccccc3)c24)cc1. The van der Waals surface area contributed by atoms with E-state index in [1.807, 2.05) is 42.5 Å². The summed E-state index contributed by atoms with van der Waals surface area (Å²) in [5.41, 5.74) is 9.46. The number of anilines is 3. The molecule has 0 aliphatic heterocycles. The molecule has 0 unspecified atom stereocenters. The minimum absolute atomic E-state index is 0.595. The average molecular weight is 579 g/mol. The third-order valence-electron chi connectivity index (χ3n) is 8.47. The number of hydrogen-bond acceptors (Lipinski definition) is 4. The highest BCUT2D eigenvalue weighted by atomic mass is 16.4. The quantitative estimate of drug-likeness (QED) is 0.204. The highest BCUT2D eigenvalue weighted by molar-refractivity contribution is 6.16. The molecule has 45 heavy (non-hydrogen) atoms. The summed E-state index contributed by atoms with van der Waals surface area (Å²) in [6.07, 6.45) is 0. The zero-order chi connectivity index (χ0) is 29.7. The van der Waals surface area contributed by atoms with Gasteiger partial charge in [-0.15, -0.1) is 0 Å². The second kappa shape index (κ2) is 10.2. The number of furan rings is 1. The van der Waals surface area contributed by atoms with Crippen molar-refractivity contribution in [3.63, 3.8) is 0 Å². The van der Waals surface area contributed by atoms with E-state index in [2.05, 4.69) is 120 Å². The molecule has 9 rings (SSSR count). The van der Waals surface area contributed by atoms with Crippen LogP contribution in [0.5, 0.6) is 0 Å². The summed E-state index contributed by atoms with van der Waals surface area (Å²) in [6.45, 7) is 0. The van der Waals surface area contributed by atoms with E-state index in [4.69, 9.17) is 13.8 Å². The first kappa shape index (κ1) is 25.4. The summed E-state index contributed by atoms with van der Waals surface area (Å²) in [6, 6.07) is 54.6. The lowest BCUT2D eigenvalue weighted by Crippen LogP contribution is -2.11. The number of aromatic nitrogens is 1. The molecule has 0 amide bonds. The van der Waals surface area contributed by atoms with Gasteiger partial charge in [-0.05, 0) is 64.9 Å². The van der Waals surface area contributed by atoms with E-state index in [9.17, 15) is 0 Å². The Morgan fingerprint density at radius 2 is 1.18 bits per heavy atom. The van der Waals surface area contributed by atoms with Gasteiger partial charge in [-0.3, -0.25) is 0 Å². The van der Waals surface area contributed by atoms with Crippen LogP contribution in [-0.2, 0) is 0 Å². The van der Waals surface area contributed by atoms with Crippen LogP contribution in [0.2, 0.25) is 0 Å². The van der Waals surface area contributed by atoms with Crippen molar-refractivity contribution in [3.05, 3.63) is 158 Å². The van der Waals surface area contributed by atoms with E-state index in [1.165, 1.54) is 10.8 Å². The number of benzene rings is 7. The summed E-state index contributed by atoms with van der Waals surface area (Å²) in [5.74, 6) is 0.595. The Hall–Kier alpha value is -6.13. The van der Waals surface area contributed by atoms with Gasteiger partial charge in [0.15, 0.2) is 5.58 Å². The van der Waals surface area contributed by atoms with Crippen molar-refractivity contribution in [1.82, 2.24) is 4.98 Å². The van der Waals surface area contributed by atoms with Crippen molar-refractivity contribution in [2.75, 3.05) is 4.90 Å². The maximum absolute atomic E-state index is 6.51. The number of para-hydroxylation sites is 1. The molecule has 0 aliphatic carbocycles. The largest absolute Gasteiger partial charge is 0.456 e. The molecule has 7 aromatic carbocycles. The van der Waals surface area contributed by atoms with E-state index in [1.54, 1.807) is 0 Å². The Kier molecular flexibility index (Phi) is 5.78. The molecule has 0 radical (unpaired) electrons. The molecule has 0 spiro atoms. The predicted molar refractivity (Wildman–Crippen MR) is 184 cm³/mol. The van der Waals surface area contributed by atoms with E-state index >= 15 is 0 Å². The van der Waals surface area contributed by atoms with Crippen LogP contribution in [0, 0.1) is 0 Å². The number of oxazole rings is 1. The predicted octanol–water partition coefficient (Wildman–Crippen LogP) is 11.7. The van der Waals surface area contributed by atoms with Gasteiger partial charge in [0.25, 0.3) is 0 Å². The Bertz CT molecular complexity index is 2490. The zero-order valence-electron chi connectivity index (χ0n) is 24.2. The molecule has 0 bridgehead atoms. The smallest absolute Gasteiger partial charge is 0.227 e. The first-order valence-electron chi connectivity index (χ1n) is 15.0. The molecule has 0 aliphatic rings. The highest BCUT2D eigenvalue weighted by Gasteiger charge is 2.23. The van der Waals surface area contributed by atoms with Gasteiger partial charge < -0.3 is 13.7 Å². The molecule has 0 saturated heterocycles. The fraction of sp³-hybridized carbons (Fsp3) is 0. The summed E-state index contributed by atoms with van der Waals surface area (Å²) >= 11 is 0. The number of nitrogens with zero attached hydrogens (tertiary/aromatic N) is 2. The van der Waals surface area contributed by atoms with Gasteiger partial charge in [0.05, 0.1) is 16.8 Å². The molecular weight excluding hydrogens is 552 g/mol. The third kappa shape index (κ3) is 4.27. The Labute approximate surface area is 259 Å². The van der Waals surface area contributed by atoms with Crippen molar-refractivity contribution in [2.24, 2.45) is 0 Å². The maximum Gasteiger partial charge on any atom is 0.227 e. The van der Waals surface area contributed by atoms with Crippen LogP contribution in [0.4, 0.5) is 17.1 Å². The summed E-state index contributed by atoms with van der Waals surface area (Å²) < 4.78 is 12.7. The molecule has 4 heteroatoms. The van der Waals surface area contributed by atoms with Gasteiger partial charge >= 0.3 is 0 Å². The number of fused-ring (bicyclic) bond motifs is 5. The Morgan fingerprint density at radius 3 is 2.02 bits per heavy atom. The second-order valence-electron chi connectivity index (χ2n) is 11.2. The maximum atomic E-state index is 6.51. The fourth-order valence-corrected chi connectivity index (χ4v) is 6.37. The lowest BCUT2D eigenvalue weighted by Gasteiger charge is -2.28. The average Bonchev–Trinajstić information content (AvgIpc) is 3.69. The minimum Gasteiger partial charge on any atom is -0.456 e. The zero-order valence-corrected chi connectivity index (χ0v) is 24.2.